The van der Waals surface area contributed by atoms with Crippen LogP contribution < -0.4 is 16.8 Å². The van der Waals surface area contributed by atoms with Crippen molar-refractivity contribution < 1.29 is 27.5 Å². The van der Waals surface area contributed by atoms with E-state index in [2.05, 4.69) is 10.3 Å². The van der Waals surface area contributed by atoms with E-state index in [0.29, 0.717) is 5.56 Å². The van der Waals surface area contributed by atoms with Crippen molar-refractivity contribution >= 4 is 17.6 Å². The van der Waals surface area contributed by atoms with Gasteiger partial charge in [0.2, 0.25) is 0 Å². The Bertz CT molecular complexity index is 940. The number of amides is 1. The normalized spacial score (nSPS) is 13.3. The summed E-state index contributed by atoms with van der Waals surface area (Å²) in [7, 11) is 1.15. The average molecular weight is 408 g/mol. The van der Waals surface area contributed by atoms with Gasteiger partial charge in [-0.2, -0.15) is 13.2 Å². The number of carbonyl (C=O) groups excluding carboxylic acids is 2. The molecule has 1 aromatic heterocycles. The number of halogens is 3. The maximum absolute atomic E-state index is 12.9. The van der Waals surface area contributed by atoms with E-state index in [9.17, 15) is 22.8 Å². The van der Waals surface area contributed by atoms with Crippen molar-refractivity contribution in [3.8, 4) is 0 Å². The molecule has 0 fully saturated rings. The van der Waals surface area contributed by atoms with Gasteiger partial charge in [0.25, 0.3) is 5.91 Å². The van der Waals surface area contributed by atoms with Gasteiger partial charge in [-0.25, -0.2) is 4.79 Å². The number of primary amides is 1. The lowest BCUT2D eigenvalue weighted by atomic mass is 9.99. The van der Waals surface area contributed by atoms with Crippen LogP contribution in [0.5, 0.6) is 0 Å². The molecule has 0 aliphatic heterocycles. The van der Waals surface area contributed by atoms with Crippen molar-refractivity contribution in [3.05, 3.63) is 70.7 Å². The largest absolute Gasteiger partial charge is 0.466 e. The van der Waals surface area contributed by atoms with Crippen LogP contribution in [0.3, 0.4) is 0 Å². The molecule has 0 unspecified atom stereocenters. The van der Waals surface area contributed by atoms with Crippen LogP contribution in [-0.2, 0) is 15.7 Å². The molecule has 0 radical (unpaired) electrons. The molecule has 0 spiro atoms. The van der Waals surface area contributed by atoms with E-state index in [0.717, 1.165) is 19.2 Å². The van der Waals surface area contributed by atoms with E-state index in [1.807, 2.05) is 0 Å². The molecule has 154 valence electrons. The number of ether oxygens (including phenoxy) is 1. The van der Waals surface area contributed by atoms with Gasteiger partial charge in [0.1, 0.15) is 5.69 Å². The van der Waals surface area contributed by atoms with Crippen LogP contribution in [0.1, 0.15) is 34.6 Å². The Morgan fingerprint density at radius 2 is 1.90 bits per heavy atom. The lowest BCUT2D eigenvalue weighted by molar-refractivity contribution is -0.138. The second-order valence-corrected chi connectivity index (χ2v) is 6.05. The van der Waals surface area contributed by atoms with Crippen LogP contribution in [0.4, 0.5) is 18.9 Å². The van der Waals surface area contributed by atoms with Gasteiger partial charge in [-0.3, -0.25) is 9.78 Å². The second kappa shape index (κ2) is 8.74. The van der Waals surface area contributed by atoms with Gasteiger partial charge in [0.15, 0.2) is 0 Å². The number of hydrogen-bond acceptors (Lipinski definition) is 6. The monoisotopic (exact) mass is 408 g/mol. The van der Waals surface area contributed by atoms with E-state index in [-0.39, 0.29) is 22.7 Å². The van der Waals surface area contributed by atoms with Gasteiger partial charge in [-0.05, 0) is 36.8 Å². The minimum atomic E-state index is -4.51. The van der Waals surface area contributed by atoms with Gasteiger partial charge in [0, 0.05) is 17.6 Å². The Morgan fingerprint density at radius 3 is 2.41 bits per heavy atom. The summed E-state index contributed by atoms with van der Waals surface area (Å²) in [5, 5.41) is 2.75. The topological polar surface area (TPSA) is 120 Å². The molecular formula is C19H19F3N4O3. The predicted octanol–water partition coefficient (Wildman–Crippen LogP) is 2.76. The molecule has 1 atom stereocenters. The minimum absolute atomic E-state index is 0.0152. The highest BCUT2D eigenvalue weighted by Gasteiger charge is 2.30. The van der Waals surface area contributed by atoms with Crippen LogP contribution in [0.25, 0.3) is 0 Å². The van der Waals surface area contributed by atoms with Gasteiger partial charge in [0.05, 0.1) is 24.3 Å². The number of benzene rings is 1. The number of aromatic nitrogens is 1. The van der Waals surface area contributed by atoms with E-state index < -0.39 is 29.7 Å². The second-order valence-electron chi connectivity index (χ2n) is 6.05. The third-order valence-electron chi connectivity index (χ3n) is 4.04. The molecule has 0 saturated heterocycles. The first kappa shape index (κ1) is 21.9. The molecule has 0 aliphatic carbocycles. The zero-order valence-electron chi connectivity index (χ0n) is 15.6. The van der Waals surface area contributed by atoms with Crippen LogP contribution >= 0.6 is 0 Å². The number of pyridine rings is 1. The Labute approximate surface area is 164 Å². The van der Waals surface area contributed by atoms with E-state index in [4.69, 9.17) is 16.2 Å². The number of carbonyl (C=O) groups is 2. The first-order valence-electron chi connectivity index (χ1n) is 8.29. The number of hydrogen-bond donors (Lipinski definition) is 3. The summed E-state index contributed by atoms with van der Waals surface area (Å²) in [6.45, 7) is 1.48. The highest BCUT2D eigenvalue weighted by Crippen LogP contribution is 2.31. The number of methoxy groups -OCH3 is 1. The lowest BCUT2D eigenvalue weighted by Crippen LogP contribution is -2.24. The molecule has 29 heavy (non-hydrogen) atoms. The van der Waals surface area contributed by atoms with Crippen LogP contribution in [0.2, 0.25) is 0 Å². The van der Waals surface area contributed by atoms with Crippen molar-refractivity contribution in [1.82, 2.24) is 4.98 Å². The molecule has 2 aromatic rings. The molecular weight excluding hydrogens is 389 g/mol. The Kier molecular flexibility index (Phi) is 6.60. The Hall–Kier alpha value is -3.40. The van der Waals surface area contributed by atoms with E-state index in [1.165, 1.54) is 37.4 Å². The smallest absolute Gasteiger partial charge is 0.416 e. The molecule has 0 saturated carbocycles. The summed E-state index contributed by atoms with van der Waals surface area (Å²) in [4.78, 5) is 27.3. The van der Waals surface area contributed by atoms with Crippen molar-refractivity contribution in [2.24, 2.45) is 11.5 Å². The number of anilines is 1. The zero-order chi connectivity index (χ0) is 21.8. The highest BCUT2D eigenvalue weighted by molar-refractivity contribution is 5.92. The number of esters is 1. The maximum atomic E-state index is 12.9. The Morgan fingerprint density at radius 1 is 1.21 bits per heavy atom. The zero-order valence-corrected chi connectivity index (χ0v) is 15.6. The molecule has 2 rings (SSSR count). The average Bonchev–Trinajstić information content (AvgIpc) is 2.67. The standard InChI is InChI=1S/C19H19F3N4O3/c1-10(26-13-5-3-4-12(8-13)19(20,21)22)15(18(28)29-2)16(23)11-6-7-14(17(24)27)25-9-11/h3-9,16,26H,23H2,1-2H3,(H2,24,27)/b15-10+/t16-/m1/s1. The SMILES string of the molecule is COC(=O)/C(=C(\C)Nc1cccc(C(F)(F)F)c1)[C@H](N)c1ccc(C(N)=O)nc1. The van der Waals surface area contributed by atoms with Crippen molar-refractivity contribution in [3.63, 3.8) is 0 Å². The molecule has 5 N–H and O–H groups in total. The lowest BCUT2D eigenvalue weighted by Gasteiger charge is -2.19. The van der Waals surface area contributed by atoms with Crippen molar-refractivity contribution in [2.75, 3.05) is 12.4 Å². The van der Waals surface area contributed by atoms with Crippen LogP contribution in [0, 0.1) is 0 Å². The number of allylic oxidation sites excluding steroid dienone is 1. The van der Waals surface area contributed by atoms with E-state index >= 15 is 0 Å². The van der Waals surface area contributed by atoms with Gasteiger partial charge in [-0.15, -0.1) is 0 Å². The molecule has 7 nitrogen and oxygen atoms in total. The fraction of sp³-hybridized carbons (Fsp3) is 0.211. The number of nitrogens with two attached hydrogens (primary N) is 2. The van der Waals surface area contributed by atoms with Gasteiger partial charge < -0.3 is 21.5 Å². The molecule has 0 aliphatic rings. The van der Waals surface area contributed by atoms with Crippen LogP contribution in [-0.4, -0.2) is 24.0 Å². The fourth-order valence-electron chi connectivity index (χ4n) is 2.58. The minimum Gasteiger partial charge on any atom is -0.466 e. The molecule has 10 heteroatoms. The summed E-state index contributed by atoms with van der Waals surface area (Å²) < 4.78 is 43.5. The first-order valence-corrected chi connectivity index (χ1v) is 8.29. The fourth-order valence-corrected chi connectivity index (χ4v) is 2.58. The van der Waals surface area contributed by atoms with E-state index in [1.54, 1.807) is 0 Å². The summed E-state index contributed by atoms with van der Waals surface area (Å²) in [5.41, 5.74) is 11.2. The predicted molar refractivity (Wildman–Crippen MR) is 99.5 cm³/mol. The quantitative estimate of drug-likeness (QED) is 0.499. The number of nitrogens with one attached hydrogen (secondary N) is 1. The molecule has 1 amide bonds. The number of alkyl halides is 3. The Balaban J connectivity index is 2.41. The molecule has 0 bridgehead atoms. The third kappa shape index (κ3) is 5.32. The molecule has 1 aromatic carbocycles. The van der Waals surface area contributed by atoms with Crippen LogP contribution in [0.15, 0.2) is 53.9 Å². The van der Waals surface area contributed by atoms with Gasteiger partial charge >= 0.3 is 12.1 Å². The number of rotatable bonds is 6. The summed E-state index contributed by atoms with van der Waals surface area (Å²) >= 11 is 0. The number of nitrogens with zero attached hydrogens (tertiary/aromatic N) is 1. The first-order chi connectivity index (χ1) is 13.5. The van der Waals surface area contributed by atoms with Gasteiger partial charge in [-0.1, -0.05) is 12.1 Å². The van der Waals surface area contributed by atoms with Crippen molar-refractivity contribution in [1.29, 1.82) is 0 Å². The maximum Gasteiger partial charge on any atom is 0.416 e. The molecule has 1 heterocycles. The summed E-state index contributed by atoms with van der Waals surface area (Å²) in [6, 6.07) is 6.30. The highest BCUT2D eigenvalue weighted by atomic mass is 19.4. The third-order valence-corrected chi connectivity index (χ3v) is 4.04. The summed E-state index contributed by atoms with van der Waals surface area (Å²) in [6.07, 6.45) is -3.23. The van der Waals surface area contributed by atoms with Crippen molar-refractivity contribution in [2.45, 2.75) is 19.1 Å². The summed E-state index contributed by atoms with van der Waals surface area (Å²) in [5.74, 6) is -1.50.